The molecule has 0 radical (unpaired) electrons. The number of nitrogens with zero attached hydrogens (tertiary/aromatic N) is 3. The highest BCUT2D eigenvalue weighted by molar-refractivity contribution is 6.21. The Morgan fingerprint density at radius 2 is 1.98 bits per heavy atom. The third-order valence-corrected chi connectivity index (χ3v) is 6.53. The van der Waals surface area contributed by atoms with Gasteiger partial charge >= 0.3 is 5.97 Å². The van der Waals surface area contributed by atoms with Crippen LogP contribution >= 0.6 is 0 Å². The first-order chi connectivity index (χ1) is 19.8. The van der Waals surface area contributed by atoms with E-state index in [1.165, 1.54) is 25.9 Å². The van der Waals surface area contributed by atoms with Gasteiger partial charge in [0.1, 0.15) is 0 Å². The van der Waals surface area contributed by atoms with Gasteiger partial charge in [-0.3, -0.25) is 4.79 Å². The van der Waals surface area contributed by atoms with Crippen molar-refractivity contribution in [1.29, 1.82) is 0 Å². The average Bonchev–Trinajstić information content (AvgIpc) is 3.66. The summed E-state index contributed by atoms with van der Waals surface area (Å²) < 4.78 is 11.2. The van der Waals surface area contributed by atoms with E-state index in [2.05, 4.69) is 25.5 Å². The molecule has 5 rings (SSSR count). The summed E-state index contributed by atoms with van der Waals surface area (Å²) in [5.74, 6) is -0.968. The molecule has 0 saturated carbocycles. The molecule has 11 heteroatoms. The smallest absolute Gasteiger partial charge is 0.347 e. The predicted octanol–water partition coefficient (Wildman–Crippen LogP) is 5.46. The molecule has 2 aliphatic heterocycles. The number of rotatable bonds is 9. The van der Waals surface area contributed by atoms with Gasteiger partial charge in [0.05, 0.1) is 6.61 Å². The Hall–Kier alpha value is -4.64. The van der Waals surface area contributed by atoms with Crippen LogP contribution < -0.4 is 10.6 Å². The Kier molecular flexibility index (Phi) is 9.75. The minimum atomic E-state index is -0.833. The third-order valence-electron chi connectivity index (χ3n) is 6.53. The summed E-state index contributed by atoms with van der Waals surface area (Å²) in [7, 11) is 0. The zero-order chi connectivity index (χ0) is 29.4. The van der Waals surface area contributed by atoms with E-state index in [1.807, 2.05) is 37.3 Å². The number of carboxylic acid groups (broad SMARTS) is 1. The van der Waals surface area contributed by atoms with Gasteiger partial charge in [-0.1, -0.05) is 0 Å². The zero-order valence-electron chi connectivity index (χ0n) is 23.4. The Morgan fingerprint density at radius 3 is 2.68 bits per heavy atom. The number of hydrogen-bond donors (Lipinski definition) is 4. The number of nitrogens with one attached hydrogen (secondary N) is 2. The minimum Gasteiger partial charge on any atom is -0.504 e. The summed E-state index contributed by atoms with van der Waals surface area (Å²) in [5, 5.41) is 25.0. The molecule has 0 atom stereocenters. The molecule has 216 valence electrons. The SMILES string of the molecule is CC(=O)O.CCOC(=O)c1c(Nc2ccc(NCCN3CCCC3)cc2C)oc(C=C2C=Nc3ncccc32)c1O. The summed E-state index contributed by atoms with van der Waals surface area (Å²) in [6.07, 6.45) is 7.52. The number of aliphatic imine (C=N–C) groups is 1. The van der Waals surface area contributed by atoms with Gasteiger partial charge in [-0.2, -0.15) is 0 Å². The number of aromatic nitrogens is 1. The quantitative estimate of drug-likeness (QED) is 0.248. The van der Waals surface area contributed by atoms with Gasteiger partial charge in [0.15, 0.2) is 22.9 Å². The Bertz CT molecular complexity index is 1450. The van der Waals surface area contributed by atoms with Crippen LogP contribution in [-0.4, -0.2) is 71.0 Å². The van der Waals surface area contributed by atoms with Crippen LogP contribution in [0.3, 0.4) is 0 Å². The fourth-order valence-corrected chi connectivity index (χ4v) is 4.60. The van der Waals surface area contributed by atoms with Crippen LogP contribution in [0.5, 0.6) is 5.75 Å². The number of furan rings is 1. The number of pyridine rings is 1. The van der Waals surface area contributed by atoms with E-state index in [0.717, 1.165) is 48.1 Å². The highest BCUT2D eigenvalue weighted by atomic mass is 16.5. The van der Waals surface area contributed by atoms with Crippen LogP contribution in [0.15, 0.2) is 45.9 Å². The minimum absolute atomic E-state index is 0.0535. The molecular formula is C30H35N5O6. The van der Waals surface area contributed by atoms with Crippen molar-refractivity contribution in [2.75, 3.05) is 43.4 Å². The molecule has 0 unspecified atom stereocenters. The molecule has 41 heavy (non-hydrogen) atoms. The molecule has 0 bridgehead atoms. The van der Waals surface area contributed by atoms with Crippen LogP contribution in [-0.2, 0) is 9.53 Å². The molecule has 3 aromatic rings. The molecule has 1 aromatic carbocycles. The van der Waals surface area contributed by atoms with Gasteiger partial charge in [0, 0.05) is 54.9 Å². The van der Waals surface area contributed by atoms with E-state index in [0.29, 0.717) is 5.82 Å². The number of aryl methyl sites for hydroxylation is 1. The molecule has 0 aliphatic carbocycles. The fraction of sp³-hybridized carbons (Fsp3) is 0.333. The highest BCUT2D eigenvalue weighted by Crippen LogP contribution is 2.40. The van der Waals surface area contributed by atoms with E-state index in [-0.39, 0.29) is 29.6 Å². The van der Waals surface area contributed by atoms with Gasteiger partial charge in [-0.05, 0) is 81.7 Å². The topological polar surface area (TPSA) is 150 Å². The van der Waals surface area contributed by atoms with Gasteiger partial charge in [-0.25, -0.2) is 14.8 Å². The van der Waals surface area contributed by atoms with Crippen molar-refractivity contribution in [2.45, 2.75) is 33.6 Å². The van der Waals surface area contributed by atoms with E-state index >= 15 is 0 Å². The van der Waals surface area contributed by atoms with Crippen molar-refractivity contribution in [3.63, 3.8) is 0 Å². The lowest BCUT2D eigenvalue weighted by Gasteiger charge is -2.16. The van der Waals surface area contributed by atoms with E-state index in [4.69, 9.17) is 19.1 Å². The zero-order valence-corrected chi connectivity index (χ0v) is 23.4. The maximum absolute atomic E-state index is 12.7. The number of esters is 1. The van der Waals surface area contributed by atoms with Gasteiger partial charge < -0.3 is 34.9 Å². The van der Waals surface area contributed by atoms with Crippen molar-refractivity contribution < 1.29 is 29.0 Å². The number of carbonyl (C=O) groups excluding carboxylic acids is 1. The monoisotopic (exact) mass is 561 g/mol. The second-order valence-corrected chi connectivity index (χ2v) is 9.62. The molecule has 1 fully saturated rings. The molecule has 1 saturated heterocycles. The fourth-order valence-electron chi connectivity index (χ4n) is 4.60. The first kappa shape index (κ1) is 29.3. The number of ether oxygens (including phenoxy) is 1. The highest BCUT2D eigenvalue weighted by Gasteiger charge is 2.27. The number of anilines is 3. The number of fused-ring (bicyclic) bond motifs is 1. The Morgan fingerprint density at radius 1 is 1.22 bits per heavy atom. The van der Waals surface area contributed by atoms with Crippen LogP contribution in [0, 0.1) is 6.92 Å². The molecule has 2 aliphatic rings. The molecule has 4 heterocycles. The van der Waals surface area contributed by atoms with Gasteiger partial charge in [-0.15, -0.1) is 0 Å². The standard InChI is InChI=1S/C28H31N5O4.C2H4O2/c1-3-36-28(35)24-25(34)23(16-19-17-31-26-21(19)7-6-10-30-26)37-27(24)32-22-9-8-20(15-18(22)2)29-11-14-33-12-4-5-13-33;1-2(3)4/h6-10,15-17,29,32,34H,3-5,11-14H2,1-2H3;1H3,(H,3,4). The van der Waals surface area contributed by atoms with Gasteiger partial charge in [0.25, 0.3) is 5.97 Å². The summed E-state index contributed by atoms with van der Waals surface area (Å²) in [4.78, 5) is 32.7. The summed E-state index contributed by atoms with van der Waals surface area (Å²) in [5.41, 5.74) is 4.21. The van der Waals surface area contributed by atoms with Crippen LogP contribution in [0.2, 0.25) is 0 Å². The lowest BCUT2D eigenvalue weighted by molar-refractivity contribution is -0.134. The predicted molar refractivity (Wildman–Crippen MR) is 159 cm³/mol. The second-order valence-electron chi connectivity index (χ2n) is 9.62. The van der Waals surface area contributed by atoms with E-state index < -0.39 is 11.9 Å². The Labute approximate surface area is 238 Å². The number of benzene rings is 1. The van der Waals surface area contributed by atoms with Crippen LogP contribution in [0.4, 0.5) is 23.1 Å². The lowest BCUT2D eigenvalue weighted by atomic mass is 10.1. The van der Waals surface area contributed by atoms with Crippen molar-refractivity contribution in [3.05, 3.63) is 59.0 Å². The average molecular weight is 562 g/mol. The maximum atomic E-state index is 12.7. The first-order valence-electron chi connectivity index (χ1n) is 13.5. The van der Waals surface area contributed by atoms with Crippen molar-refractivity contribution in [3.8, 4) is 5.75 Å². The largest absolute Gasteiger partial charge is 0.504 e. The number of allylic oxidation sites excluding steroid dienone is 1. The Balaban J connectivity index is 0.000000909. The number of likely N-dealkylation sites (tertiary alicyclic amines) is 1. The van der Waals surface area contributed by atoms with Crippen molar-refractivity contribution in [2.24, 2.45) is 4.99 Å². The number of carboxylic acids is 1. The van der Waals surface area contributed by atoms with Crippen LogP contribution in [0.25, 0.3) is 11.6 Å². The molecule has 2 aromatic heterocycles. The van der Waals surface area contributed by atoms with Crippen molar-refractivity contribution in [1.82, 2.24) is 9.88 Å². The summed E-state index contributed by atoms with van der Waals surface area (Å²) >= 11 is 0. The number of aliphatic carboxylic acids is 1. The first-order valence-corrected chi connectivity index (χ1v) is 13.5. The van der Waals surface area contributed by atoms with Crippen molar-refractivity contribution >= 4 is 52.9 Å². The number of hydrogen-bond acceptors (Lipinski definition) is 10. The number of carbonyl (C=O) groups is 2. The molecule has 4 N–H and O–H groups in total. The van der Waals surface area contributed by atoms with E-state index in [9.17, 15) is 9.90 Å². The van der Waals surface area contributed by atoms with E-state index in [1.54, 1.807) is 25.4 Å². The summed E-state index contributed by atoms with van der Waals surface area (Å²) in [6, 6.07) is 9.64. The third kappa shape index (κ3) is 7.52. The molecular weight excluding hydrogens is 526 g/mol. The molecule has 11 nitrogen and oxygen atoms in total. The number of aromatic hydroxyl groups is 1. The second kappa shape index (κ2) is 13.6. The molecule has 0 spiro atoms. The lowest BCUT2D eigenvalue weighted by Crippen LogP contribution is -2.25. The van der Waals surface area contributed by atoms with Crippen LogP contribution in [0.1, 0.15) is 53.9 Å². The molecule has 0 amide bonds. The van der Waals surface area contributed by atoms with Gasteiger partial charge in [0.2, 0.25) is 5.88 Å². The maximum Gasteiger partial charge on any atom is 0.347 e. The normalized spacial score (nSPS) is 14.9. The summed E-state index contributed by atoms with van der Waals surface area (Å²) in [6.45, 7) is 9.20.